The number of ether oxygens (including phenoxy) is 2. The minimum Gasteiger partial charge on any atom is -0.481 e. The van der Waals surface area contributed by atoms with Crippen LogP contribution in [0.15, 0.2) is 97.1 Å². The molecule has 0 bridgehead atoms. The number of anilines is 3. The lowest BCUT2D eigenvalue weighted by Gasteiger charge is -2.23. The molecule has 0 fully saturated rings. The third-order valence-electron chi connectivity index (χ3n) is 9.04. The zero-order valence-corrected chi connectivity index (χ0v) is 36.1. The van der Waals surface area contributed by atoms with E-state index in [-0.39, 0.29) is 49.8 Å². The van der Waals surface area contributed by atoms with E-state index in [1.807, 2.05) is 113 Å². The van der Waals surface area contributed by atoms with Crippen LogP contribution in [0.1, 0.15) is 57.2 Å². The van der Waals surface area contributed by atoms with Gasteiger partial charge in [-0.05, 0) is 100 Å². The number of esters is 2. The van der Waals surface area contributed by atoms with E-state index in [9.17, 15) is 19.2 Å². The lowest BCUT2D eigenvalue weighted by Crippen LogP contribution is -2.29. The fourth-order valence-corrected chi connectivity index (χ4v) is 5.19. The molecule has 3 N–H and O–H groups in total. The molecule has 3 aromatic carbocycles. The van der Waals surface area contributed by atoms with Crippen LogP contribution in [0, 0.1) is 10.8 Å². The average molecular weight is 804 g/mol. The molecule has 0 aliphatic carbocycles. The van der Waals surface area contributed by atoms with E-state index in [0.717, 1.165) is 28.9 Å². The molecule has 3 aromatic rings. The molecule has 0 aromatic heterocycles. The number of carboxylic acid groups (broad SMARTS) is 2. The Balaban J connectivity index is 0.000000568. The first-order chi connectivity index (χ1) is 27.0. The summed E-state index contributed by atoms with van der Waals surface area (Å²) in [6, 6.07) is 24.5. The van der Waals surface area contributed by atoms with Gasteiger partial charge in [0.2, 0.25) is 0 Å². The van der Waals surface area contributed by atoms with Gasteiger partial charge in [0.05, 0.1) is 24.0 Å². The number of nitrogens with zero attached hydrogens (tertiary/aromatic N) is 3. The summed E-state index contributed by atoms with van der Waals surface area (Å²) < 4.78 is 10.9. The summed E-state index contributed by atoms with van der Waals surface area (Å²) in [7, 11) is 12.0. The molecule has 12 nitrogen and oxygen atoms in total. The number of aliphatic hydroxyl groups is 1. The molecule has 0 atom stereocenters. The van der Waals surface area contributed by atoms with E-state index in [4.69, 9.17) is 24.8 Å². The number of hydrogen-bond acceptors (Lipinski definition) is 10. The van der Waals surface area contributed by atoms with E-state index in [0.29, 0.717) is 12.8 Å². The summed E-state index contributed by atoms with van der Waals surface area (Å²) in [6.07, 6.45) is 2.13. The SMILES string of the molecule is C=C(CC(C)(C)C(=O)O)C(=O)O.C=C(CC(C)(C)C(=O)OCCc1ccc(N(C)C)cc1)C(=O)OCCc1ccc(N(C)C)cc1.CN(C)c1ccc(CCO)cc1. The Morgan fingerprint density at radius 1 is 0.552 bits per heavy atom. The number of rotatable bonds is 19. The second-order valence-corrected chi connectivity index (χ2v) is 15.9. The molecule has 3 rings (SSSR count). The molecule has 0 radical (unpaired) electrons. The number of carbonyl (C=O) groups excluding carboxylic acids is 2. The monoisotopic (exact) mass is 803 g/mol. The van der Waals surface area contributed by atoms with Crippen LogP contribution in [-0.2, 0) is 47.9 Å². The number of aliphatic carboxylic acids is 2. The van der Waals surface area contributed by atoms with Crippen molar-refractivity contribution in [3.8, 4) is 0 Å². The number of carbonyl (C=O) groups is 4. The van der Waals surface area contributed by atoms with Gasteiger partial charge >= 0.3 is 23.9 Å². The van der Waals surface area contributed by atoms with Crippen LogP contribution in [-0.4, -0.2) is 101 Å². The second-order valence-electron chi connectivity index (χ2n) is 15.9. The molecule has 0 aliphatic heterocycles. The molecule has 318 valence electrons. The van der Waals surface area contributed by atoms with Crippen molar-refractivity contribution < 1.29 is 44.0 Å². The average Bonchev–Trinajstić information content (AvgIpc) is 3.15. The fourth-order valence-electron chi connectivity index (χ4n) is 5.19. The molecule has 0 saturated carbocycles. The summed E-state index contributed by atoms with van der Waals surface area (Å²) in [5.41, 5.74) is 5.05. The van der Waals surface area contributed by atoms with Gasteiger partial charge in [0.15, 0.2) is 0 Å². The van der Waals surface area contributed by atoms with E-state index < -0.39 is 28.7 Å². The molecular weight excluding hydrogens is 739 g/mol. The van der Waals surface area contributed by atoms with Gasteiger partial charge in [-0.15, -0.1) is 0 Å². The molecule has 0 amide bonds. The van der Waals surface area contributed by atoms with Gasteiger partial charge < -0.3 is 39.5 Å². The quantitative estimate of drug-likeness (QED) is 0.0838. The van der Waals surface area contributed by atoms with E-state index in [1.165, 1.54) is 25.1 Å². The van der Waals surface area contributed by atoms with Crippen LogP contribution in [0.3, 0.4) is 0 Å². The first-order valence-corrected chi connectivity index (χ1v) is 19.1. The topological polar surface area (TPSA) is 157 Å². The summed E-state index contributed by atoms with van der Waals surface area (Å²) in [5.74, 6) is -3.01. The molecule has 0 saturated heterocycles. The van der Waals surface area contributed by atoms with Crippen molar-refractivity contribution in [3.05, 3.63) is 114 Å². The Morgan fingerprint density at radius 3 is 1.22 bits per heavy atom. The first kappa shape index (κ1) is 50.4. The lowest BCUT2D eigenvalue weighted by atomic mass is 9.86. The first-order valence-electron chi connectivity index (χ1n) is 19.1. The smallest absolute Gasteiger partial charge is 0.333 e. The maximum atomic E-state index is 12.6. The standard InChI is InChI=1S/C28H38N2O4.C10H15NO.C8H12O4/c1-21(26(31)33-18-16-22-8-12-24(13-9-22)29(4)5)20-28(2,3)27(32)34-19-17-23-10-14-25(15-11-23)30(6)7;1-11(2)10-5-3-9(4-6-10)7-8-12;1-5(6(9)10)4-8(2,3)7(11)12/h8-15H,1,16-20H2,2-7H3;3-6,12H,7-8H2,1-2H3;1,4H2,2-3H3,(H,9,10)(H,11,12). The molecule has 0 heterocycles. The minimum absolute atomic E-state index is 0.0440. The molecule has 0 aliphatic rings. The zero-order chi connectivity index (χ0) is 44.2. The van der Waals surface area contributed by atoms with Crippen molar-refractivity contribution in [2.45, 2.75) is 59.8 Å². The number of carboxylic acids is 2. The molecule has 12 heteroatoms. The predicted octanol–water partition coefficient (Wildman–Crippen LogP) is 7.08. The van der Waals surface area contributed by atoms with Crippen LogP contribution in [0.4, 0.5) is 17.1 Å². The Kier molecular flexibility index (Phi) is 21.0. The summed E-state index contributed by atoms with van der Waals surface area (Å²) in [5, 5.41) is 25.8. The maximum absolute atomic E-state index is 12.6. The maximum Gasteiger partial charge on any atom is 0.333 e. The van der Waals surface area contributed by atoms with Crippen LogP contribution >= 0.6 is 0 Å². The highest BCUT2D eigenvalue weighted by Gasteiger charge is 2.32. The minimum atomic E-state index is -1.15. The van der Waals surface area contributed by atoms with Crippen molar-refractivity contribution in [1.29, 1.82) is 0 Å². The van der Waals surface area contributed by atoms with Gasteiger partial charge in [-0.2, -0.15) is 0 Å². The Hall–Kier alpha value is -5.62. The third kappa shape index (κ3) is 18.5. The van der Waals surface area contributed by atoms with Crippen LogP contribution in [0.25, 0.3) is 0 Å². The van der Waals surface area contributed by atoms with Crippen molar-refractivity contribution in [2.75, 3.05) is 76.8 Å². The Morgan fingerprint density at radius 2 is 0.897 bits per heavy atom. The Labute approximate surface area is 345 Å². The molecule has 58 heavy (non-hydrogen) atoms. The van der Waals surface area contributed by atoms with Crippen molar-refractivity contribution in [1.82, 2.24) is 0 Å². The van der Waals surface area contributed by atoms with Crippen molar-refractivity contribution in [2.24, 2.45) is 10.8 Å². The normalized spacial score (nSPS) is 10.7. The highest BCUT2D eigenvalue weighted by molar-refractivity contribution is 5.89. The fraction of sp³-hybridized carbons (Fsp3) is 0.435. The van der Waals surface area contributed by atoms with E-state index in [1.54, 1.807) is 13.8 Å². The summed E-state index contributed by atoms with van der Waals surface area (Å²) >= 11 is 0. The third-order valence-corrected chi connectivity index (χ3v) is 9.04. The number of benzene rings is 3. The van der Waals surface area contributed by atoms with Crippen LogP contribution < -0.4 is 14.7 Å². The van der Waals surface area contributed by atoms with Gasteiger partial charge in [-0.3, -0.25) is 9.59 Å². The largest absolute Gasteiger partial charge is 0.481 e. The highest BCUT2D eigenvalue weighted by atomic mass is 16.5. The second kappa shape index (κ2) is 24.2. The van der Waals surface area contributed by atoms with Gasteiger partial charge in [0.25, 0.3) is 0 Å². The highest BCUT2D eigenvalue weighted by Crippen LogP contribution is 2.27. The number of aliphatic hydroxyl groups excluding tert-OH is 1. The number of hydrogen-bond donors (Lipinski definition) is 3. The van der Waals surface area contributed by atoms with E-state index >= 15 is 0 Å². The van der Waals surface area contributed by atoms with Gasteiger partial charge in [-0.1, -0.05) is 49.6 Å². The lowest BCUT2D eigenvalue weighted by molar-refractivity contribution is -0.154. The van der Waals surface area contributed by atoms with Crippen LogP contribution in [0.5, 0.6) is 0 Å². The Bertz CT molecular complexity index is 1780. The van der Waals surface area contributed by atoms with Crippen molar-refractivity contribution in [3.63, 3.8) is 0 Å². The van der Waals surface area contributed by atoms with Crippen molar-refractivity contribution >= 4 is 40.9 Å². The zero-order valence-electron chi connectivity index (χ0n) is 36.1. The predicted molar refractivity (Wildman–Crippen MR) is 233 cm³/mol. The molecule has 0 spiro atoms. The molecule has 0 unspecified atom stereocenters. The van der Waals surface area contributed by atoms with E-state index in [2.05, 4.69) is 30.2 Å². The summed E-state index contributed by atoms with van der Waals surface area (Å²) in [6.45, 7) is 14.3. The van der Waals surface area contributed by atoms with Gasteiger partial charge in [0, 0.05) is 89.9 Å². The summed E-state index contributed by atoms with van der Waals surface area (Å²) in [4.78, 5) is 51.9. The van der Waals surface area contributed by atoms with Gasteiger partial charge in [-0.25, -0.2) is 9.59 Å². The van der Waals surface area contributed by atoms with Gasteiger partial charge in [0.1, 0.15) is 0 Å². The molecular formula is C46H65N3O9. The van der Waals surface area contributed by atoms with Crippen LogP contribution in [0.2, 0.25) is 0 Å².